The Kier molecular flexibility index (Phi) is 71.8. The van der Waals surface area contributed by atoms with Gasteiger partial charge in [-0.05, 0) is 116 Å². The van der Waals surface area contributed by atoms with E-state index >= 15 is 0 Å². The van der Waals surface area contributed by atoms with E-state index in [1.807, 2.05) is 0 Å². The van der Waals surface area contributed by atoms with Gasteiger partial charge in [0.05, 0.1) is 6.61 Å². The second-order valence-electron chi connectivity index (χ2n) is 24.3. The van der Waals surface area contributed by atoms with Crippen LogP contribution in [0.5, 0.6) is 0 Å². The number of hydrogen-bond donors (Lipinski definition) is 1. The summed E-state index contributed by atoms with van der Waals surface area (Å²) in [6.07, 6.45) is 112. The van der Waals surface area contributed by atoms with E-state index < -0.39 is 6.10 Å². The summed E-state index contributed by atoms with van der Waals surface area (Å²) in [5, 5.41) is 9.70. The van der Waals surface area contributed by atoms with Crippen molar-refractivity contribution in [3.8, 4) is 0 Å². The molecule has 5 heteroatoms. The highest BCUT2D eigenvalue weighted by molar-refractivity contribution is 5.70. The Morgan fingerprint density at radius 3 is 0.767 bits per heavy atom. The van der Waals surface area contributed by atoms with E-state index in [2.05, 4.69) is 148 Å². The van der Waals surface area contributed by atoms with Crippen LogP contribution in [0.2, 0.25) is 0 Å². The lowest BCUT2D eigenvalue weighted by atomic mass is 10.0. The molecule has 0 saturated carbocycles. The number of ether oxygens (including phenoxy) is 2. The van der Waals surface area contributed by atoms with Gasteiger partial charge in [-0.3, -0.25) is 9.59 Å². The Morgan fingerprint density at radius 2 is 0.500 bits per heavy atom. The zero-order chi connectivity index (χ0) is 61.9. The van der Waals surface area contributed by atoms with Crippen molar-refractivity contribution in [3.63, 3.8) is 0 Å². The maximum Gasteiger partial charge on any atom is 0.306 e. The van der Waals surface area contributed by atoms with Gasteiger partial charge in [0.1, 0.15) is 6.61 Å². The largest absolute Gasteiger partial charge is 0.462 e. The van der Waals surface area contributed by atoms with Crippen LogP contribution in [0.15, 0.2) is 134 Å². The van der Waals surface area contributed by atoms with E-state index in [1.165, 1.54) is 212 Å². The Morgan fingerprint density at radius 1 is 0.279 bits per heavy atom. The zero-order valence-electron chi connectivity index (χ0n) is 56.5. The van der Waals surface area contributed by atoms with E-state index in [9.17, 15) is 14.7 Å². The van der Waals surface area contributed by atoms with Crippen LogP contribution in [0.25, 0.3) is 0 Å². The first kappa shape index (κ1) is 82.0. The molecule has 0 aromatic rings. The summed E-state index contributed by atoms with van der Waals surface area (Å²) < 4.78 is 10.7. The van der Waals surface area contributed by atoms with E-state index in [0.29, 0.717) is 12.8 Å². The van der Waals surface area contributed by atoms with Crippen LogP contribution in [-0.4, -0.2) is 36.4 Å². The second-order valence-corrected chi connectivity index (χ2v) is 24.3. The fourth-order valence-corrected chi connectivity index (χ4v) is 10.5. The lowest BCUT2D eigenvalue weighted by molar-refractivity contribution is -0.161. The number of allylic oxidation sites excluding steroid dienone is 22. The number of rotatable bonds is 67. The molecule has 0 heterocycles. The highest BCUT2D eigenvalue weighted by Crippen LogP contribution is 2.18. The number of aliphatic hydroxyl groups is 1. The molecule has 0 amide bonds. The van der Waals surface area contributed by atoms with E-state index in [1.54, 1.807) is 0 Å². The maximum atomic E-state index is 12.4. The molecule has 0 bridgehead atoms. The number of hydrogen-bond acceptors (Lipinski definition) is 5. The summed E-state index contributed by atoms with van der Waals surface area (Å²) in [6.45, 7) is 4.01. The minimum absolute atomic E-state index is 0.0841. The van der Waals surface area contributed by atoms with Crippen molar-refractivity contribution in [3.05, 3.63) is 134 Å². The van der Waals surface area contributed by atoms with Crippen LogP contribution in [0.3, 0.4) is 0 Å². The Labute approximate surface area is 534 Å². The molecule has 86 heavy (non-hydrogen) atoms. The molecule has 5 nitrogen and oxygen atoms in total. The van der Waals surface area contributed by atoms with Crippen molar-refractivity contribution in [2.45, 2.75) is 354 Å². The first-order valence-electron chi connectivity index (χ1n) is 36.7. The Hall–Kier alpha value is -3.96. The van der Waals surface area contributed by atoms with Gasteiger partial charge in [0, 0.05) is 12.8 Å². The van der Waals surface area contributed by atoms with Crippen LogP contribution in [-0.2, 0) is 19.1 Å². The van der Waals surface area contributed by atoms with Crippen molar-refractivity contribution in [1.82, 2.24) is 0 Å². The van der Waals surface area contributed by atoms with Gasteiger partial charge in [-0.25, -0.2) is 0 Å². The molecular weight excluding hydrogens is 1050 g/mol. The summed E-state index contributed by atoms with van der Waals surface area (Å²) >= 11 is 0. The molecule has 1 atom stereocenters. The van der Waals surface area contributed by atoms with Gasteiger partial charge in [-0.2, -0.15) is 0 Å². The lowest BCUT2D eigenvalue weighted by Crippen LogP contribution is -2.28. The molecule has 0 fully saturated rings. The first-order valence-corrected chi connectivity index (χ1v) is 36.7. The second kappa shape index (κ2) is 75.3. The molecule has 0 aromatic carbocycles. The molecule has 1 N–H and O–H groups in total. The minimum atomic E-state index is -0.800. The molecule has 492 valence electrons. The fraction of sp³-hybridized carbons (Fsp3) is 0.704. The lowest BCUT2D eigenvalue weighted by Gasteiger charge is -2.15. The molecular formula is C81H138O5. The third-order valence-electron chi connectivity index (χ3n) is 15.9. The fourth-order valence-electron chi connectivity index (χ4n) is 10.5. The number of carbonyl (C=O) groups excluding carboxylic acids is 2. The SMILES string of the molecule is CC/C=C\C/C=C\C/C=C\C/C=C\C/C=C\C/C=C\C/C=C\C/C=C\C/C=C\CCCCCC(=O)OC(CO)COC(=O)CCCCCCCCCCCCCCCCCCCCCCCCCCCCCCC/C=C\C/C=C\CCCCCCC. The Balaban J connectivity index is 3.49. The van der Waals surface area contributed by atoms with Gasteiger partial charge in [-0.1, -0.05) is 353 Å². The predicted molar refractivity (Wildman–Crippen MR) is 380 cm³/mol. The normalized spacial score (nSPS) is 13.0. The molecule has 0 rings (SSSR count). The highest BCUT2D eigenvalue weighted by Gasteiger charge is 2.16. The van der Waals surface area contributed by atoms with Gasteiger partial charge in [0.15, 0.2) is 6.10 Å². The van der Waals surface area contributed by atoms with Crippen molar-refractivity contribution >= 4 is 11.9 Å². The van der Waals surface area contributed by atoms with E-state index in [4.69, 9.17) is 9.47 Å². The molecule has 0 aliphatic carbocycles. The molecule has 0 saturated heterocycles. The summed E-state index contributed by atoms with van der Waals surface area (Å²) in [5.74, 6) is -0.624. The van der Waals surface area contributed by atoms with Gasteiger partial charge >= 0.3 is 11.9 Å². The average molecular weight is 1190 g/mol. The van der Waals surface area contributed by atoms with Crippen molar-refractivity contribution in [2.24, 2.45) is 0 Å². The number of esters is 2. The van der Waals surface area contributed by atoms with Gasteiger partial charge in [0.2, 0.25) is 0 Å². The van der Waals surface area contributed by atoms with Crippen LogP contribution < -0.4 is 0 Å². The first-order chi connectivity index (χ1) is 42.6. The monoisotopic (exact) mass is 1190 g/mol. The smallest absolute Gasteiger partial charge is 0.306 e. The molecule has 0 aliphatic heterocycles. The maximum absolute atomic E-state index is 12.4. The minimum Gasteiger partial charge on any atom is -0.462 e. The molecule has 0 spiro atoms. The molecule has 0 aromatic heterocycles. The summed E-state index contributed by atoms with van der Waals surface area (Å²) in [7, 11) is 0. The van der Waals surface area contributed by atoms with Crippen molar-refractivity contribution < 1.29 is 24.2 Å². The summed E-state index contributed by atoms with van der Waals surface area (Å²) in [5.41, 5.74) is 0. The van der Waals surface area contributed by atoms with E-state index in [0.717, 1.165) is 109 Å². The standard InChI is InChI=1S/C81H138O5/c1-3-5-7-9-11-13-15-17-19-21-23-25-27-29-31-33-35-36-37-38-39-40-41-42-43-44-46-47-49-51-53-55-57-59-61-63-65-67-69-71-73-75-80(83)85-78-79(77-82)86-81(84)76-74-72-70-68-66-64-62-60-58-56-54-52-50-48-45-34-32-30-28-26-24-22-20-18-16-14-12-10-8-6-4-2/h6,8,12,14-15,17-18,20-21,23-24,26,30,32,45,48,52,54,58,60,64,66,79,82H,3-5,7,9-11,13,16,19,22,25,27-29,31,33-44,46-47,49-51,53,55-57,59,61-63,65,67-78H2,1-2H3/b8-6-,14-12-,17-15-,20-18-,23-21-,26-24-,32-30-,48-45-,54-52-,60-58-,66-64-. The molecule has 0 radical (unpaired) electrons. The number of aliphatic hydroxyl groups excluding tert-OH is 1. The van der Waals surface area contributed by atoms with Crippen LogP contribution in [0.1, 0.15) is 348 Å². The molecule has 1 unspecified atom stereocenters. The van der Waals surface area contributed by atoms with Crippen molar-refractivity contribution in [1.29, 1.82) is 0 Å². The van der Waals surface area contributed by atoms with Gasteiger partial charge in [0.25, 0.3) is 0 Å². The predicted octanol–water partition coefficient (Wildman–Crippen LogP) is 25.9. The third-order valence-corrected chi connectivity index (χ3v) is 15.9. The van der Waals surface area contributed by atoms with Gasteiger partial charge in [-0.15, -0.1) is 0 Å². The third kappa shape index (κ3) is 72.5. The van der Waals surface area contributed by atoms with Crippen LogP contribution >= 0.6 is 0 Å². The van der Waals surface area contributed by atoms with Crippen LogP contribution in [0, 0.1) is 0 Å². The summed E-state index contributed by atoms with van der Waals surface area (Å²) in [6, 6.07) is 0. The summed E-state index contributed by atoms with van der Waals surface area (Å²) in [4.78, 5) is 24.6. The van der Waals surface area contributed by atoms with E-state index in [-0.39, 0.29) is 25.2 Å². The molecule has 0 aliphatic rings. The van der Waals surface area contributed by atoms with Crippen LogP contribution in [0.4, 0.5) is 0 Å². The zero-order valence-corrected chi connectivity index (χ0v) is 56.5. The number of unbranched alkanes of at least 4 members (excludes halogenated alkanes) is 37. The van der Waals surface area contributed by atoms with Gasteiger partial charge < -0.3 is 14.6 Å². The number of carbonyl (C=O) groups is 2. The highest BCUT2D eigenvalue weighted by atomic mass is 16.6. The topological polar surface area (TPSA) is 72.8 Å². The van der Waals surface area contributed by atoms with Crippen molar-refractivity contribution in [2.75, 3.05) is 13.2 Å². The average Bonchev–Trinajstić information content (AvgIpc) is 3.55. The quantitative estimate of drug-likeness (QED) is 0.0373. The Bertz CT molecular complexity index is 1730.